The highest BCUT2D eigenvalue weighted by atomic mass is 16.5. The third-order valence-corrected chi connectivity index (χ3v) is 4.42. The van der Waals surface area contributed by atoms with Crippen LogP contribution in [0.1, 0.15) is 37.9 Å². The molecular weight excluding hydrogens is 238 g/mol. The molecule has 3 heteroatoms. The van der Waals surface area contributed by atoms with Crippen molar-refractivity contribution in [2.45, 2.75) is 38.3 Å². The van der Waals surface area contributed by atoms with E-state index in [2.05, 4.69) is 19.1 Å². The molecule has 2 atom stereocenters. The summed E-state index contributed by atoms with van der Waals surface area (Å²) in [6.45, 7) is 3.48. The Hall–Kier alpha value is -1.35. The number of nitrogens with zero attached hydrogens (tertiary/aromatic N) is 1. The van der Waals surface area contributed by atoms with Crippen LogP contribution in [0.2, 0.25) is 0 Å². The van der Waals surface area contributed by atoms with Crippen molar-refractivity contribution in [1.29, 1.82) is 0 Å². The molecule has 0 bridgehead atoms. The number of hydrogen-bond donors (Lipinski definition) is 0. The molecule has 1 saturated heterocycles. The van der Waals surface area contributed by atoms with Gasteiger partial charge in [-0.2, -0.15) is 0 Å². The highest BCUT2D eigenvalue weighted by Gasteiger charge is 2.37. The first kappa shape index (κ1) is 12.7. The lowest BCUT2D eigenvalue weighted by atomic mass is 9.83. The minimum atomic E-state index is 0.0129. The second kappa shape index (κ2) is 5.33. The maximum Gasteiger partial charge on any atom is 0.226 e. The van der Waals surface area contributed by atoms with Crippen LogP contribution >= 0.6 is 0 Å². The second-order valence-corrected chi connectivity index (χ2v) is 5.60. The molecule has 1 aromatic rings. The third-order valence-electron chi connectivity index (χ3n) is 4.42. The summed E-state index contributed by atoms with van der Waals surface area (Å²) in [5.41, 5.74) is 1.17. The molecule has 0 aromatic heterocycles. The zero-order chi connectivity index (χ0) is 13.2. The Labute approximate surface area is 114 Å². The Morgan fingerprint density at radius 2 is 2.00 bits per heavy atom. The lowest BCUT2D eigenvalue weighted by Gasteiger charge is -2.42. The minimum absolute atomic E-state index is 0.0129. The molecule has 1 amide bonds. The van der Waals surface area contributed by atoms with E-state index in [1.165, 1.54) is 12.0 Å². The molecule has 0 radical (unpaired) electrons. The van der Waals surface area contributed by atoms with Gasteiger partial charge in [-0.1, -0.05) is 36.8 Å². The van der Waals surface area contributed by atoms with Gasteiger partial charge in [0.25, 0.3) is 0 Å². The van der Waals surface area contributed by atoms with Crippen molar-refractivity contribution in [2.24, 2.45) is 5.92 Å². The van der Waals surface area contributed by atoms with Crippen LogP contribution in [0.15, 0.2) is 30.3 Å². The van der Waals surface area contributed by atoms with Gasteiger partial charge < -0.3 is 9.64 Å². The molecule has 1 aromatic carbocycles. The van der Waals surface area contributed by atoms with Crippen LogP contribution in [-0.4, -0.2) is 30.0 Å². The highest BCUT2D eigenvalue weighted by molar-refractivity contribution is 5.80. The van der Waals surface area contributed by atoms with Crippen molar-refractivity contribution in [3.63, 3.8) is 0 Å². The number of benzene rings is 1. The van der Waals surface area contributed by atoms with Crippen molar-refractivity contribution in [1.82, 2.24) is 4.90 Å². The highest BCUT2D eigenvalue weighted by Crippen LogP contribution is 2.33. The fourth-order valence-corrected chi connectivity index (χ4v) is 3.00. The van der Waals surface area contributed by atoms with Gasteiger partial charge in [0.2, 0.25) is 5.91 Å². The van der Waals surface area contributed by atoms with Crippen LogP contribution < -0.4 is 0 Å². The van der Waals surface area contributed by atoms with Crippen molar-refractivity contribution >= 4 is 5.91 Å². The van der Waals surface area contributed by atoms with Gasteiger partial charge in [-0.05, 0) is 25.3 Å². The average Bonchev–Trinajstić information content (AvgIpc) is 2.38. The average molecular weight is 259 g/mol. The molecule has 0 N–H and O–H groups in total. The van der Waals surface area contributed by atoms with Crippen LogP contribution in [0.3, 0.4) is 0 Å². The Morgan fingerprint density at radius 1 is 1.26 bits per heavy atom. The fraction of sp³-hybridized carbons (Fsp3) is 0.562. The van der Waals surface area contributed by atoms with E-state index in [4.69, 9.17) is 4.74 Å². The molecule has 19 heavy (non-hydrogen) atoms. The summed E-state index contributed by atoms with van der Waals surface area (Å²) in [7, 11) is 0. The Balaban J connectivity index is 1.75. The largest absolute Gasteiger partial charge is 0.370 e. The molecule has 102 valence electrons. The van der Waals surface area contributed by atoms with Crippen molar-refractivity contribution < 1.29 is 9.53 Å². The van der Waals surface area contributed by atoms with Crippen LogP contribution in [0.5, 0.6) is 0 Å². The first-order chi connectivity index (χ1) is 9.27. The van der Waals surface area contributed by atoms with Crippen LogP contribution in [0.4, 0.5) is 0 Å². The molecule has 1 saturated carbocycles. The number of amides is 1. The molecule has 2 aliphatic rings. The van der Waals surface area contributed by atoms with Crippen LogP contribution in [0, 0.1) is 5.92 Å². The molecule has 2 fully saturated rings. The Morgan fingerprint density at radius 3 is 2.63 bits per heavy atom. The normalized spacial score (nSPS) is 27.9. The van der Waals surface area contributed by atoms with Crippen LogP contribution in [0.25, 0.3) is 0 Å². The van der Waals surface area contributed by atoms with Gasteiger partial charge in [0, 0.05) is 12.5 Å². The lowest BCUT2D eigenvalue weighted by molar-refractivity contribution is -0.152. The van der Waals surface area contributed by atoms with Gasteiger partial charge in [-0.15, -0.1) is 0 Å². The van der Waals surface area contributed by atoms with Crippen LogP contribution in [-0.2, 0) is 9.53 Å². The summed E-state index contributed by atoms with van der Waals surface area (Å²) >= 11 is 0. The van der Waals surface area contributed by atoms with E-state index >= 15 is 0 Å². The molecule has 0 spiro atoms. The number of morpholine rings is 1. The first-order valence-corrected chi connectivity index (χ1v) is 7.24. The minimum Gasteiger partial charge on any atom is -0.370 e. The number of carbonyl (C=O) groups excluding carboxylic acids is 1. The zero-order valence-electron chi connectivity index (χ0n) is 11.4. The van der Waals surface area contributed by atoms with E-state index in [9.17, 15) is 4.79 Å². The second-order valence-electron chi connectivity index (χ2n) is 5.60. The molecule has 1 aliphatic carbocycles. The number of hydrogen-bond acceptors (Lipinski definition) is 2. The van der Waals surface area contributed by atoms with Gasteiger partial charge >= 0.3 is 0 Å². The van der Waals surface area contributed by atoms with Crippen molar-refractivity contribution in [3.05, 3.63) is 35.9 Å². The monoisotopic (exact) mass is 259 g/mol. The summed E-state index contributed by atoms with van der Waals surface area (Å²) in [6, 6.07) is 10.4. The number of rotatable bonds is 2. The molecule has 1 heterocycles. The fourth-order valence-electron chi connectivity index (χ4n) is 3.00. The van der Waals surface area contributed by atoms with Gasteiger partial charge in [0.05, 0.1) is 12.6 Å². The molecule has 1 aliphatic heterocycles. The zero-order valence-corrected chi connectivity index (χ0v) is 11.4. The Kier molecular flexibility index (Phi) is 3.56. The van der Waals surface area contributed by atoms with E-state index in [0.29, 0.717) is 12.5 Å². The topological polar surface area (TPSA) is 29.5 Å². The molecule has 3 rings (SSSR count). The lowest BCUT2D eigenvalue weighted by Crippen LogP contribution is -2.51. The molecule has 2 unspecified atom stereocenters. The summed E-state index contributed by atoms with van der Waals surface area (Å²) < 4.78 is 5.89. The summed E-state index contributed by atoms with van der Waals surface area (Å²) in [5.74, 6) is 0.611. The third kappa shape index (κ3) is 2.39. The van der Waals surface area contributed by atoms with Gasteiger partial charge in [-0.25, -0.2) is 0 Å². The summed E-state index contributed by atoms with van der Waals surface area (Å²) in [5, 5.41) is 0. The van der Waals surface area contributed by atoms with Crippen molar-refractivity contribution in [3.8, 4) is 0 Å². The molecular formula is C16H21NO2. The van der Waals surface area contributed by atoms with E-state index < -0.39 is 0 Å². The predicted molar refractivity (Wildman–Crippen MR) is 73.7 cm³/mol. The van der Waals surface area contributed by atoms with E-state index in [1.54, 1.807) is 0 Å². The van der Waals surface area contributed by atoms with Gasteiger partial charge in [-0.3, -0.25) is 4.79 Å². The van der Waals surface area contributed by atoms with Gasteiger partial charge in [0.1, 0.15) is 6.10 Å². The number of ether oxygens (including phenoxy) is 1. The first-order valence-electron chi connectivity index (χ1n) is 7.24. The van der Waals surface area contributed by atoms with Gasteiger partial charge in [0.15, 0.2) is 0 Å². The summed E-state index contributed by atoms with van der Waals surface area (Å²) in [4.78, 5) is 14.5. The maximum atomic E-state index is 12.4. The van der Waals surface area contributed by atoms with E-state index in [-0.39, 0.29) is 18.1 Å². The smallest absolute Gasteiger partial charge is 0.226 e. The molecule has 3 nitrogen and oxygen atoms in total. The standard InChI is InChI=1S/C16H21NO2/c1-12-15(13-6-3-2-4-7-13)19-11-10-17(12)16(18)14-8-5-9-14/h2-4,6-7,12,14-15H,5,8-11H2,1H3. The quantitative estimate of drug-likeness (QED) is 0.817. The predicted octanol–water partition coefficient (Wildman–Crippen LogP) is 2.78. The van der Waals surface area contributed by atoms with E-state index in [0.717, 1.165) is 19.4 Å². The van der Waals surface area contributed by atoms with Crippen molar-refractivity contribution in [2.75, 3.05) is 13.2 Å². The number of carbonyl (C=O) groups is 1. The van der Waals surface area contributed by atoms with E-state index in [1.807, 2.05) is 23.1 Å². The summed E-state index contributed by atoms with van der Waals surface area (Å²) in [6.07, 6.45) is 3.36. The SMILES string of the molecule is CC1C(c2ccccc2)OCCN1C(=O)C1CCC1. The maximum absolute atomic E-state index is 12.4. The Bertz CT molecular complexity index is 441.